The van der Waals surface area contributed by atoms with Gasteiger partial charge in [-0.25, -0.2) is 0 Å². The fourth-order valence-electron chi connectivity index (χ4n) is 3.97. The molecule has 1 aliphatic heterocycles. The SMILES string of the molecule is c1ccc(C2CCN(CCNCC3CCCCC3)C2)cc1. The lowest BCUT2D eigenvalue weighted by Gasteiger charge is -2.23. The van der Waals surface area contributed by atoms with E-state index >= 15 is 0 Å². The molecule has 2 aliphatic rings. The molecule has 2 fully saturated rings. The van der Waals surface area contributed by atoms with E-state index < -0.39 is 0 Å². The molecule has 1 saturated carbocycles. The van der Waals surface area contributed by atoms with Crippen molar-refractivity contribution in [3.63, 3.8) is 0 Å². The Labute approximate surface area is 129 Å². The zero-order chi connectivity index (χ0) is 14.3. The third-order valence-corrected chi connectivity index (χ3v) is 5.31. The molecule has 2 nitrogen and oxygen atoms in total. The van der Waals surface area contributed by atoms with Crippen molar-refractivity contribution in [1.29, 1.82) is 0 Å². The summed E-state index contributed by atoms with van der Waals surface area (Å²) >= 11 is 0. The number of nitrogens with zero attached hydrogens (tertiary/aromatic N) is 1. The molecule has 2 heteroatoms. The number of likely N-dealkylation sites (tertiary alicyclic amines) is 1. The number of rotatable bonds is 6. The predicted octanol–water partition coefficient (Wildman–Crippen LogP) is 3.65. The maximum absolute atomic E-state index is 3.69. The third-order valence-electron chi connectivity index (χ3n) is 5.31. The number of nitrogens with one attached hydrogen (secondary N) is 1. The van der Waals surface area contributed by atoms with Gasteiger partial charge in [0, 0.05) is 19.6 Å². The Bertz CT molecular complexity index is 397. The van der Waals surface area contributed by atoms with Gasteiger partial charge in [-0.2, -0.15) is 0 Å². The second kappa shape index (κ2) is 7.95. The van der Waals surface area contributed by atoms with Gasteiger partial charge in [0.25, 0.3) is 0 Å². The van der Waals surface area contributed by atoms with Gasteiger partial charge in [-0.15, -0.1) is 0 Å². The number of hydrogen-bond acceptors (Lipinski definition) is 2. The van der Waals surface area contributed by atoms with Crippen LogP contribution < -0.4 is 5.32 Å². The van der Waals surface area contributed by atoms with Gasteiger partial charge in [-0.05, 0) is 49.8 Å². The van der Waals surface area contributed by atoms with Crippen LogP contribution in [0.15, 0.2) is 30.3 Å². The van der Waals surface area contributed by atoms with Crippen LogP contribution in [0.5, 0.6) is 0 Å². The highest BCUT2D eigenvalue weighted by Crippen LogP contribution is 2.26. The molecule has 0 bridgehead atoms. The summed E-state index contributed by atoms with van der Waals surface area (Å²) in [6.07, 6.45) is 8.60. The summed E-state index contributed by atoms with van der Waals surface area (Å²) in [5, 5.41) is 3.69. The van der Waals surface area contributed by atoms with E-state index in [1.54, 1.807) is 0 Å². The summed E-state index contributed by atoms with van der Waals surface area (Å²) in [6, 6.07) is 11.0. The van der Waals surface area contributed by atoms with Gasteiger partial charge in [0.1, 0.15) is 0 Å². The summed E-state index contributed by atoms with van der Waals surface area (Å²) in [4.78, 5) is 2.63. The van der Waals surface area contributed by atoms with Gasteiger partial charge in [0.15, 0.2) is 0 Å². The molecule has 21 heavy (non-hydrogen) atoms. The molecular formula is C19H30N2. The third kappa shape index (κ3) is 4.55. The van der Waals surface area contributed by atoms with Crippen LogP contribution in [0.4, 0.5) is 0 Å². The van der Waals surface area contributed by atoms with Gasteiger partial charge in [0.05, 0.1) is 0 Å². The molecule has 116 valence electrons. The molecule has 0 radical (unpaired) electrons. The monoisotopic (exact) mass is 286 g/mol. The first-order valence-electron chi connectivity index (χ1n) is 8.90. The highest BCUT2D eigenvalue weighted by atomic mass is 15.2. The van der Waals surface area contributed by atoms with Crippen molar-refractivity contribution in [3.05, 3.63) is 35.9 Å². The fourth-order valence-corrected chi connectivity index (χ4v) is 3.97. The first kappa shape index (κ1) is 15.1. The van der Waals surface area contributed by atoms with Gasteiger partial charge in [-0.1, -0.05) is 49.6 Å². The summed E-state index contributed by atoms with van der Waals surface area (Å²) in [7, 11) is 0. The minimum Gasteiger partial charge on any atom is -0.315 e. The topological polar surface area (TPSA) is 15.3 Å². The fraction of sp³-hybridized carbons (Fsp3) is 0.684. The molecule has 1 unspecified atom stereocenters. The van der Waals surface area contributed by atoms with Crippen LogP contribution in [0.3, 0.4) is 0 Å². The number of hydrogen-bond donors (Lipinski definition) is 1. The quantitative estimate of drug-likeness (QED) is 0.803. The lowest BCUT2D eigenvalue weighted by Crippen LogP contribution is -2.33. The standard InChI is InChI=1S/C19H30N2/c1-3-7-17(8-4-1)15-20-12-14-21-13-11-19(16-21)18-9-5-2-6-10-18/h2,5-6,9-10,17,19-20H,1,3-4,7-8,11-16H2. The van der Waals surface area contributed by atoms with Gasteiger partial charge < -0.3 is 10.2 Å². The molecular weight excluding hydrogens is 256 g/mol. The van der Waals surface area contributed by atoms with Crippen molar-refractivity contribution < 1.29 is 0 Å². The van der Waals surface area contributed by atoms with E-state index in [1.807, 2.05) is 0 Å². The maximum atomic E-state index is 3.69. The Balaban J connectivity index is 1.32. The van der Waals surface area contributed by atoms with E-state index in [-0.39, 0.29) is 0 Å². The van der Waals surface area contributed by atoms with Crippen molar-refractivity contribution in [2.75, 3.05) is 32.7 Å². The zero-order valence-corrected chi connectivity index (χ0v) is 13.3. The van der Waals surface area contributed by atoms with Crippen molar-refractivity contribution in [3.8, 4) is 0 Å². The van der Waals surface area contributed by atoms with Gasteiger partial charge >= 0.3 is 0 Å². The lowest BCUT2D eigenvalue weighted by atomic mass is 9.89. The summed E-state index contributed by atoms with van der Waals surface area (Å²) in [5.41, 5.74) is 1.52. The van der Waals surface area contributed by atoms with Crippen LogP contribution in [0, 0.1) is 5.92 Å². The Morgan fingerprint density at radius 1 is 1.00 bits per heavy atom. The smallest absolute Gasteiger partial charge is 0.0107 e. The molecule has 0 aromatic heterocycles. The van der Waals surface area contributed by atoms with E-state index in [4.69, 9.17) is 0 Å². The van der Waals surface area contributed by atoms with Crippen LogP contribution in [0.2, 0.25) is 0 Å². The van der Waals surface area contributed by atoms with Crippen molar-refractivity contribution >= 4 is 0 Å². The van der Waals surface area contributed by atoms with E-state index in [0.29, 0.717) is 0 Å². The molecule has 1 N–H and O–H groups in total. The summed E-state index contributed by atoms with van der Waals surface area (Å²) in [6.45, 7) is 6.14. The van der Waals surface area contributed by atoms with Crippen molar-refractivity contribution in [1.82, 2.24) is 10.2 Å². The van der Waals surface area contributed by atoms with Crippen LogP contribution in [-0.2, 0) is 0 Å². The van der Waals surface area contributed by atoms with Crippen LogP contribution in [0.1, 0.15) is 50.0 Å². The lowest BCUT2D eigenvalue weighted by molar-refractivity contribution is 0.308. The minimum atomic E-state index is 0.754. The van der Waals surface area contributed by atoms with Crippen molar-refractivity contribution in [2.45, 2.75) is 44.4 Å². The average molecular weight is 286 g/mol. The molecule has 1 atom stereocenters. The molecule has 1 saturated heterocycles. The predicted molar refractivity (Wildman–Crippen MR) is 89.7 cm³/mol. The van der Waals surface area contributed by atoms with E-state index in [1.165, 1.54) is 70.3 Å². The first-order valence-corrected chi connectivity index (χ1v) is 8.90. The molecule has 0 spiro atoms. The molecule has 1 aromatic rings. The molecule has 1 aromatic carbocycles. The first-order chi connectivity index (χ1) is 10.4. The van der Waals surface area contributed by atoms with Crippen molar-refractivity contribution in [2.24, 2.45) is 5.92 Å². The van der Waals surface area contributed by atoms with Crippen LogP contribution >= 0.6 is 0 Å². The summed E-state index contributed by atoms with van der Waals surface area (Å²) in [5.74, 6) is 1.71. The Kier molecular flexibility index (Phi) is 5.70. The minimum absolute atomic E-state index is 0.754. The van der Waals surface area contributed by atoms with Crippen LogP contribution in [-0.4, -0.2) is 37.6 Å². The maximum Gasteiger partial charge on any atom is 0.0107 e. The molecule has 0 amide bonds. The second-order valence-electron chi connectivity index (χ2n) is 6.91. The van der Waals surface area contributed by atoms with E-state index in [0.717, 1.165) is 18.4 Å². The zero-order valence-electron chi connectivity index (χ0n) is 13.3. The highest BCUT2D eigenvalue weighted by molar-refractivity contribution is 5.20. The second-order valence-corrected chi connectivity index (χ2v) is 6.91. The van der Waals surface area contributed by atoms with Gasteiger partial charge in [0.2, 0.25) is 0 Å². The largest absolute Gasteiger partial charge is 0.315 e. The Hall–Kier alpha value is -0.860. The van der Waals surface area contributed by atoms with Crippen LogP contribution in [0.25, 0.3) is 0 Å². The Morgan fingerprint density at radius 2 is 1.81 bits per heavy atom. The van der Waals surface area contributed by atoms with Gasteiger partial charge in [-0.3, -0.25) is 0 Å². The average Bonchev–Trinajstić information content (AvgIpc) is 3.02. The number of benzene rings is 1. The Morgan fingerprint density at radius 3 is 2.62 bits per heavy atom. The van der Waals surface area contributed by atoms with E-state index in [2.05, 4.69) is 40.5 Å². The highest BCUT2D eigenvalue weighted by Gasteiger charge is 2.23. The molecule has 1 aliphatic carbocycles. The molecule has 1 heterocycles. The normalized spacial score (nSPS) is 24.5. The van der Waals surface area contributed by atoms with E-state index in [9.17, 15) is 0 Å². The summed E-state index contributed by atoms with van der Waals surface area (Å²) < 4.78 is 0. The molecule has 3 rings (SSSR count).